The van der Waals surface area contributed by atoms with Gasteiger partial charge in [-0.1, -0.05) is 39.3 Å². The normalized spacial score (nSPS) is 52.2. The molecule has 22 heavy (non-hydrogen) atoms. The van der Waals surface area contributed by atoms with Crippen LogP contribution in [0.5, 0.6) is 0 Å². The van der Waals surface area contributed by atoms with Crippen LogP contribution in [0.15, 0.2) is 12.2 Å². The summed E-state index contributed by atoms with van der Waals surface area (Å²) in [4.78, 5) is 0. The first-order valence-corrected chi connectivity index (χ1v) is 9.85. The molecule has 0 N–H and O–H groups in total. The molecular weight excluding hydrogens is 283 g/mol. The average molecular weight is 314 g/mol. The van der Waals surface area contributed by atoms with E-state index in [2.05, 4.69) is 49.5 Å². The molecule has 4 aliphatic rings. The second kappa shape index (κ2) is 4.87. The Kier molecular flexibility index (Phi) is 3.49. The monoisotopic (exact) mass is 314 g/mol. The van der Waals surface area contributed by atoms with Crippen LogP contribution >= 0.6 is 0 Å². The Balaban J connectivity index is 1.68. The molecule has 0 aliphatic heterocycles. The molecule has 1 spiro atoms. The molecule has 121 valence electrons. The minimum absolute atomic E-state index is 0.353. The summed E-state index contributed by atoms with van der Waals surface area (Å²) in [6.45, 7) is 8.66. The van der Waals surface area contributed by atoms with E-state index in [1.54, 1.807) is 0 Å². The molecule has 5 atom stereocenters. The topological polar surface area (TPSA) is 9.23 Å². The fraction of sp³-hybridized carbons (Fsp3) is 0.900. The maximum atomic E-state index is 5.51. The van der Waals surface area contributed by atoms with Crippen molar-refractivity contribution < 1.29 is 3.79 Å². The van der Waals surface area contributed by atoms with Crippen LogP contribution in [0.1, 0.15) is 72.1 Å². The molecule has 0 aromatic carbocycles. The van der Waals surface area contributed by atoms with Crippen LogP contribution in [0.2, 0.25) is 0 Å². The Morgan fingerprint density at radius 1 is 1.00 bits per heavy atom. The van der Waals surface area contributed by atoms with Crippen LogP contribution in [0, 0.1) is 33.5 Å². The molecule has 0 amide bonds. The summed E-state index contributed by atoms with van der Waals surface area (Å²) in [5.74, 6) is 1.85. The van der Waals surface area contributed by atoms with Gasteiger partial charge >= 0.3 is 0 Å². The average Bonchev–Trinajstić information content (AvgIpc) is 2.70. The van der Waals surface area contributed by atoms with Crippen molar-refractivity contribution in [2.45, 2.75) is 72.1 Å². The molecule has 0 aromatic heterocycles. The summed E-state index contributed by atoms with van der Waals surface area (Å²) in [5.41, 5.74) is 1.98. The van der Waals surface area contributed by atoms with Gasteiger partial charge in [-0.05, 0) is 79.6 Å². The maximum Gasteiger partial charge on any atom is 0.00684 e. The van der Waals surface area contributed by atoms with Gasteiger partial charge in [0.05, 0.1) is 0 Å². The van der Waals surface area contributed by atoms with Crippen LogP contribution in [-0.4, -0.2) is 23.2 Å². The Morgan fingerprint density at radius 3 is 2.55 bits per heavy atom. The fourth-order valence-electron chi connectivity index (χ4n) is 7.63. The summed E-state index contributed by atoms with van der Waals surface area (Å²) in [5, 5.41) is 0. The number of fused-ring (bicyclic) bond motifs is 3. The second-order valence-corrected chi connectivity index (χ2v) is 10.3. The minimum Gasteiger partial charge on any atom is -0.759 e. The fourth-order valence-corrected chi connectivity index (χ4v) is 7.96. The smallest absolute Gasteiger partial charge is 0.00684 e. The van der Waals surface area contributed by atoms with E-state index in [-0.39, 0.29) is 0 Å². The quantitative estimate of drug-likeness (QED) is 0.511. The molecule has 0 aromatic rings. The van der Waals surface area contributed by atoms with Gasteiger partial charge in [0.25, 0.3) is 0 Å². The predicted octanol–water partition coefficient (Wildman–Crippen LogP) is 5.06. The van der Waals surface area contributed by atoms with Gasteiger partial charge in [0.1, 0.15) is 0 Å². The second-order valence-electron chi connectivity index (χ2n) is 9.95. The molecule has 3 saturated carbocycles. The van der Waals surface area contributed by atoms with Crippen molar-refractivity contribution in [1.82, 2.24) is 0 Å². The summed E-state index contributed by atoms with van der Waals surface area (Å²) >= 11 is 2.47. The lowest BCUT2D eigenvalue weighted by Gasteiger charge is -2.64. The molecule has 3 radical (unpaired) electrons. The van der Waals surface area contributed by atoms with Gasteiger partial charge in [0.2, 0.25) is 0 Å². The molecule has 0 saturated heterocycles. The van der Waals surface area contributed by atoms with Crippen LogP contribution in [0.25, 0.3) is 0 Å². The third-order valence-corrected chi connectivity index (χ3v) is 8.58. The molecule has 4 aliphatic carbocycles. The molecule has 2 bridgehead atoms. The van der Waals surface area contributed by atoms with Crippen molar-refractivity contribution in [2.24, 2.45) is 33.5 Å². The summed E-state index contributed by atoms with van der Waals surface area (Å²) in [6, 6.07) is 0. The minimum atomic E-state index is 0.353. The highest BCUT2D eigenvalue weighted by Gasteiger charge is 2.63. The van der Waals surface area contributed by atoms with Gasteiger partial charge in [-0.25, -0.2) is 0 Å². The SMILES string of the molecule is CC1(C)CCC[C@@]2(C)[C@H]1CC[C@]13C=C[C@](C[O][Al-])(CC[C@@H]12)C3. The lowest BCUT2D eigenvalue weighted by Crippen LogP contribution is -2.56. The van der Waals surface area contributed by atoms with Crippen LogP contribution in [0.4, 0.5) is 0 Å². The van der Waals surface area contributed by atoms with E-state index in [1.807, 2.05) is 0 Å². The number of rotatable bonds is 2. The Labute approximate surface area is 145 Å². The molecule has 0 unspecified atom stereocenters. The van der Waals surface area contributed by atoms with E-state index < -0.39 is 0 Å². The maximum absolute atomic E-state index is 5.51. The Morgan fingerprint density at radius 2 is 1.77 bits per heavy atom. The van der Waals surface area contributed by atoms with Gasteiger partial charge in [0.15, 0.2) is 0 Å². The van der Waals surface area contributed by atoms with Gasteiger partial charge in [0, 0.05) is 5.41 Å². The number of hydrogen-bond acceptors (Lipinski definition) is 1. The van der Waals surface area contributed by atoms with E-state index in [4.69, 9.17) is 3.79 Å². The third-order valence-electron chi connectivity index (χ3n) is 8.42. The molecular formula is C20H31AlO-. The molecule has 1 nitrogen and oxygen atoms in total. The van der Waals surface area contributed by atoms with Crippen molar-refractivity contribution in [3.05, 3.63) is 12.2 Å². The molecule has 4 rings (SSSR count). The Bertz CT molecular complexity index is 498. The van der Waals surface area contributed by atoms with E-state index in [0.29, 0.717) is 21.7 Å². The van der Waals surface area contributed by atoms with Crippen molar-refractivity contribution >= 4 is 16.6 Å². The van der Waals surface area contributed by atoms with E-state index in [0.717, 1.165) is 18.4 Å². The molecule has 0 heterocycles. The first kappa shape index (κ1) is 15.7. The zero-order valence-corrected chi connectivity index (χ0v) is 15.8. The Hall–Kier alpha value is 0.232. The molecule has 2 heteroatoms. The highest BCUT2D eigenvalue weighted by Crippen LogP contribution is 2.71. The lowest BCUT2D eigenvalue weighted by molar-refractivity contribution is -0.143. The highest BCUT2D eigenvalue weighted by molar-refractivity contribution is 5.98. The largest absolute Gasteiger partial charge is 0.759 e. The van der Waals surface area contributed by atoms with Gasteiger partial charge in [-0.2, -0.15) is 0 Å². The zero-order chi connectivity index (χ0) is 15.6. The van der Waals surface area contributed by atoms with Crippen LogP contribution < -0.4 is 0 Å². The molecule has 3 fully saturated rings. The van der Waals surface area contributed by atoms with Gasteiger partial charge < -0.3 is 20.4 Å². The van der Waals surface area contributed by atoms with E-state index in [1.165, 1.54) is 51.4 Å². The van der Waals surface area contributed by atoms with Crippen LogP contribution in [-0.2, 0) is 3.79 Å². The first-order chi connectivity index (χ1) is 10.4. The number of hydrogen-bond donors (Lipinski definition) is 0. The lowest BCUT2D eigenvalue weighted by atomic mass is 9.40. The zero-order valence-electron chi connectivity index (χ0n) is 14.7. The summed E-state index contributed by atoms with van der Waals surface area (Å²) in [7, 11) is 0. The van der Waals surface area contributed by atoms with Crippen molar-refractivity contribution in [3.63, 3.8) is 0 Å². The van der Waals surface area contributed by atoms with Gasteiger partial charge in [-0.15, -0.1) is 0 Å². The van der Waals surface area contributed by atoms with Crippen LogP contribution in [0.3, 0.4) is 0 Å². The van der Waals surface area contributed by atoms with Crippen molar-refractivity contribution in [2.75, 3.05) is 6.61 Å². The third kappa shape index (κ3) is 2.00. The predicted molar refractivity (Wildman–Crippen MR) is 91.5 cm³/mol. The first-order valence-electron chi connectivity index (χ1n) is 9.38. The van der Waals surface area contributed by atoms with Gasteiger partial charge in [-0.3, -0.25) is 0 Å². The highest BCUT2D eigenvalue weighted by atomic mass is 27.1. The summed E-state index contributed by atoms with van der Waals surface area (Å²) < 4.78 is 5.51. The van der Waals surface area contributed by atoms with E-state index >= 15 is 0 Å². The van der Waals surface area contributed by atoms with E-state index in [9.17, 15) is 0 Å². The summed E-state index contributed by atoms with van der Waals surface area (Å²) in [6.07, 6.45) is 16.5. The standard InChI is InChI=1S/C20H31O.Al/c1-17(2)7-4-8-18(3)15(17)6-10-20-12-11-19(13-20,14-21)9-5-16(18)20;/h11-12,15-16H,4-10,13-14H2,1-3H3;/q-1;/t15-,16+,18-,19+,20+;/m0./s1. The van der Waals surface area contributed by atoms with Crippen molar-refractivity contribution in [3.8, 4) is 0 Å². The number of allylic oxidation sites excluding steroid dienone is 1. The van der Waals surface area contributed by atoms with Crippen molar-refractivity contribution in [1.29, 1.82) is 0 Å².